The maximum Gasteiger partial charge on any atom is 0.279 e. The molecule has 3 unspecified atom stereocenters. The minimum absolute atomic E-state index is 0.603. The van der Waals surface area contributed by atoms with Crippen LogP contribution < -0.4 is 4.72 Å². The zero-order valence-corrected chi connectivity index (χ0v) is 11.1. The fourth-order valence-corrected chi connectivity index (χ4v) is 5.20. The molecule has 0 amide bonds. The summed E-state index contributed by atoms with van der Waals surface area (Å²) in [6.45, 7) is 2.07. The van der Waals surface area contributed by atoms with Crippen molar-refractivity contribution in [2.24, 2.45) is 17.8 Å². The Morgan fingerprint density at radius 1 is 1.12 bits per heavy atom. The minimum Gasteiger partial charge on any atom is -0.202 e. The van der Waals surface area contributed by atoms with Crippen LogP contribution in [0.4, 0.5) is 0 Å². The Balaban J connectivity index is 1.53. The number of hydrogen-bond donors (Lipinski definition) is 1. The second-order valence-corrected chi connectivity index (χ2v) is 7.65. The van der Waals surface area contributed by atoms with E-state index < -0.39 is 10.2 Å². The predicted molar refractivity (Wildman–Crippen MR) is 66.7 cm³/mol. The lowest BCUT2D eigenvalue weighted by molar-refractivity contribution is 0.329. The van der Waals surface area contributed by atoms with Gasteiger partial charge in [0.15, 0.2) is 0 Å². The van der Waals surface area contributed by atoms with Crippen LogP contribution in [0.15, 0.2) is 0 Å². The van der Waals surface area contributed by atoms with Crippen LogP contribution in [0, 0.1) is 17.8 Å². The SMILES string of the molecule is O=S(=O)(NCC1CC2CCC1C2)N1CCCC1. The lowest BCUT2D eigenvalue weighted by Crippen LogP contribution is -2.41. The first-order valence-corrected chi connectivity index (χ1v) is 8.34. The zero-order valence-electron chi connectivity index (χ0n) is 10.3. The first kappa shape index (κ1) is 11.9. The largest absolute Gasteiger partial charge is 0.279 e. The van der Waals surface area contributed by atoms with Gasteiger partial charge < -0.3 is 0 Å². The molecule has 1 N–H and O–H groups in total. The maximum absolute atomic E-state index is 12.0. The number of rotatable bonds is 4. The van der Waals surface area contributed by atoms with Crippen molar-refractivity contribution in [1.82, 2.24) is 9.03 Å². The van der Waals surface area contributed by atoms with Crippen LogP contribution in [0.5, 0.6) is 0 Å². The second-order valence-electron chi connectivity index (χ2n) is 5.89. The normalized spacial score (nSPS) is 38.0. The molecule has 0 aromatic heterocycles. The summed E-state index contributed by atoms with van der Waals surface area (Å²) in [6, 6.07) is 0. The standard InChI is InChI=1S/C12H22N2O2S/c15-17(16,14-5-1-2-6-14)13-9-12-8-10-3-4-11(12)7-10/h10-13H,1-9H2. The Kier molecular flexibility index (Phi) is 3.17. The van der Waals surface area contributed by atoms with E-state index in [1.165, 1.54) is 25.7 Å². The van der Waals surface area contributed by atoms with Gasteiger partial charge in [-0.2, -0.15) is 12.7 Å². The number of hydrogen-bond acceptors (Lipinski definition) is 2. The van der Waals surface area contributed by atoms with Crippen LogP contribution in [0.25, 0.3) is 0 Å². The molecule has 0 aromatic rings. The van der Waals surface area contributed by atoms with Gasteiger partial charge in [0, 0.05) is 19.6 Å². The van der Waals surface area contributed by atoms with E-state index in [0.717, 1.165) is 24.7 Å². The van der Waals surface area contributed by atoms with E-state index in [9.17, 15) is 8.42 Å². The van der Waals surface area contributed by atoms with Gasteiger partial charge >= 0.3 is 0 Å². The summed E-state index contributed by atoms with van der Waals surface area (Å²) >= 11 is 0. The number of nitrogens with zero attached hydrogens (tertiary/aromatic N) is 1. The second kappa shape index (κ2) is 4.52. The lowest BCUT2D eigenvalue weighted by Gasteiger charge is -2.23. The molecular formula is C12H22N2O2S. The molecule has 0 spiro atoms. The first-order chi connectivity index (χ1) is 8.15. The first-order valence-electron chi connectivity index (χ1n) is 6.90. The van der Waals surface area contributed by atoms with E-state index in [-0.39, 0.29) is 0 Å². The van der Waals surface area contributed by atoms with E-state index in [4.69, 9.17) is 0 Å². The molecule has 4 nitrogen and oxygen atoms in total. The molecule has 1 saturated heterocycles. The highest BCUT2D eigenvalue weighted by Gasteiger charge is 2.40. The van der Waals surface area contributed by atoms with Gasteiger partial charge in [0.2, 0.25) is 0 Å². The van der Waals surface area contributed by atoms with Crippen molar-refractivity contribution in [3.05, 3.63) is 0 Å². The molecule has 98 valence electrons. The van der Waals surface area contributed by atoms with Gasteiger partial charge in [0.1, 0.15) is 0 Å². The Hall–Kier alpha value is -0.130. The Morgan fingerprint density at radius 3 is 2.47 bits per heavy atom. The quantitative estimate of drug-likeness (QED) is 0.827. The van der Waals surface area contributed by atoms with Crippen LogP contribution in [0.2, 0.25) is 0 Å². The van der Waals surface area contributed by atoms with Crippen LogP contribution in [-0.4, -0.2) is 32.4 Å². The van der Waals surface area contributed by atoms with Crippen LogP contribution in [0.1, 0.15) is 38.5 Å². The summed E-state index contributed by atoms with van der Waals surface area (Å²) in [4.78, 5) is 0. The third-order valence-corrected chi connectivity index (χ3v) is 6.39. The summed E-state index contributed by atoms with van der Waals surface area (Å²) in [6.07, 6.45) is 7.30. The van der Waals surface area contributed by atoms with Crippen molar-refractivity contribution >= 4 is 10.2 Å². The van der Waals surface area contributed by atoms with Crippen molar-refractivity contribution in [2.45, 2.75) is 38.5 Å². The molecule has 3 rings (SSSR count). The number of fused-ring (bicyclic) bond motifs is 2. The summed E-state index contributed by atoms with van der Waals surface area (Å²) in [5.41, 5.74) is 0. The molecule has 5 heteroatoms. The molecule has 0 aromatic carbocycles. The lowest BCUT2D eigenvalue weighted by atomic mass is 9.89. The van der Waals surface area contributed by atoms with Crippen molar-refractivity contribution in [2.75, 3.05) is 19.6 Å². The third kappa shape index (κ3) is 2.37. The van der Waals surface area contributed by atoms with Crippen molar-refractivity contribution < 1.29 is 8.42 Å². The molecule has 1 heterocycles. The van der Waals surface area contributed by atoms with Gasteiger partial charge in [-0.15, -0.1) is 0 Å². The predicted octanol–water partition coefficient (Wildman–Crippen LogP) is 1.35. The summed E-state index contributed by atoms with van der Waals surface area (Å²) in [5.74, 6) is 2.29. The summed E-state index contributed by atoms with van der Waals surface area (Å²) in [7, 11) is -3.18. The zero-order chi connectivity index (χ0) is 11.9. The van der Waals surface area contributed by atoms with Crippen molar-refractivity contribution in [3.8, 4) is 0 Å². The molecule has 2 aliphatic carbocycles. The van der Waals surface area contributed by atoms with Gasteiger partial charge in [0.05, 0.1) is 0 Å². The Morgan fingerprint density at radius 2 is 1.88 bits per heavy atom. The molecule has 2 bridgehead atoms. The highest BCUT2D eigenvalue weighted by Crippen LogP contribution is 2.47. The van der Waals surface area contributed by atoms with E-state index in [1.54, 1.807) is 4.31 Å². The van der Waals surface area contributed by atoms with Crippen molar-refractivity contribution in [3.63, 3.8) is 0 Å². The minimum atomic E-state index is -3.18. The smallest absolute Gasteiger partial charge is 0.202 e. The van der Waals surface area contributed by atoms with Gasteiger partial charge in [-0.3, -0.25) is 0 Å². The monoisotopic (exact) mass is 258 g/mol. The van der Waals surface area contributed by atoms with Gasteiger partial charge in [0.25, 0.3) is 10.2 Å². The molecule has 2 saturated carbocycles. The fourth-order valence-electron chi connectivity index (χ4n) is 3.86. The molecule has 3 aliphatic rings. The average Bonchev–Trinajstić information content (AvgIpc) is 3.02. The molecule has 1 aliphatic heterocycles. The molecule has 17 heavy (non-hydrogen) atoms. The van der Waals surface area contributed by atoms with Gasteiger partial charge in [-0.25, -0.2) is 4.72 Å². The molecule has 3 atom stereocenters. The van der Waals surface area contributed by atoms with Crippen LogP contribution in [0.3, 0.4) is 0 Å². The van der Waals surface area contributed by atoms with Gasteiger partial charge in [-0.1, -0.05) is 6.42 Å². The highest BCUT2D eigenvalue weighted by atomic mass is 32.2. The summed E-state index contributed by atoms with van der Waals surface area (Å²) < 4.78 is 28.4. The Labute approximate surface area is 104 Å². The van der Waals surface area contributed by atoms with Crippen LogP contribution >= 0.6 is 0 Å². The maximum atomic E-state index is 12.0. The van der Waals surface area contributed by atoms with Crippen LogP contribution in [-0.2, 0) is 10.2 Å². The topological polar surface area (TPSA) is 49.4 Å². The summed E-state index contributed by atoms with van der Waals surface area (Å²) in [5, 5.41) is 0. The third-order valence-electron chi connectivity index (χ3n) is 4.82. The highest BCUT2D eigenvalue weighted by molar-refractivity contribution is 7.87. The van der Waals surface area contributed by atoms with E-state index in [2.05, 4.69) is 4.72 Å². The average molecular weight is 258 g/mol. The van der Waals surface area contributed by atoms with E-state index >= 15 is 0 Å². The van der Waals surface area contributed by atoms with E-state index in [1.807, 2.05) is 0 Å². The van der Waals surface area contributed by atoms with Crippen molar-refractivity contribution in [1.29, 1.82) is 0 Å². The molecule has 3 fully saturated rings. The molecular weight excluding hydrogens is 236 g/mol. The number of nitrogens with one attached hydrogen (secondary N) is 1. The van der Waals surface area contributed by atoms with E-state index in [0.29, 0.717) is 25.6 Å². The Bertz CT molecular complexity index is 376. The van der Waals surface area contributed by atoms with Gasteiger partial charge in [-0.05, 0) is 49.9 Å². The fraction of sp³-hybridized carbons (Fsp3) is 1.00. The molecule has 0 radical (unpaired) electrons.